The Labute approximate surface area is 172 Å². The number of carbonyl (C=O) groups excluding carboxylic acids is 1. The Bertz CT molecular complexity index is 942. The maximum atomic E-state index is 12.6. The third-order valence-corrected chi connectivity index (χ3v) is 6.00. The van der Waals surface area contributed by atoms with Crippen LogP contribution in [-0.2, 0) is 14.8 Å². The molecule has 0 aromatic heterocycles. The Hall–Kier alpha value is -2.42. The van der Waals surface area contributed by atoms with E-state index in [0.29, 0.717) is 11.3 Å². The molecule has 29 heavy (non-hydrogen) atoms. The zero-order valence-corrected chi connectivity index (χ0v) is 18.2. The summed E-state index contributed by atoms with van der Waals surface area (Å²) in [5.41, 5.74) is 2.30. The molecule has 0 saturated carbocycles. The lowest BCUT2D eigenvalue weighted by atomic mass is 10.0. The van der Waals surface area contributed by atoms with Crippen molar-refractivity contribution in [1.29, 1.82) is 0 Å². The van der Waals surface area contributed by atoms with Gasteiger partial charge in [-0.15, -0.1) is 0 Å². The van der Waals surface area contributed by atoms with Crippen molar-refractivity contribution in [1.82, 2.24) is 10.0 Å². The van der Waals surface area contributed by atoms with Crippen molar-refractivity contribution >= 4 is 15.9 Å². The van der Waals surface area contributed by atoms with E-state index in [-0.39, 0.29) is 29.5 Å². The molecular formula is C21H28N2O5S. The summed E-state index contributed by atoms with van der Waals surface area (Å²) in [5.74, 6) is 0.395. The summed E-state index contributed by atoms with van der Waals surface area (Å²) < 4.78 is 37.6. The summed E-state index contributed by atoms with van der Waals surface area (Å²) in [6.45, 7) is 5.82. The molecular weight excluding hydrogens is 392 g/mol. The number of nitrogens with one attached hydrogen (secondary N) is 2. The average molecular weight is 421 g/mol. The number of rotatable bonds is 9. The van der Waals surface area contributed by atoms with Gasteiger partial charge in [-0.2, -0.15) is 0 Å². The molecule has 0 aliphatic heterocycles. The van der Waals surface area contributed by atoms with Crippen molar-refractivity contribution < 1.29 is 22.7 Å². The zero-order chi connectivity index (χ0) is 21.6. The smallest absolute Gasteiger partial charge is 0.251 e. The SMILES string of the molecule is COC[C@@H](C)NS(=O)(=O)c1ccc(C(=O)N[C@@H](C)c2cc(C)ccc2OC)cc1. The highest BCUT2D eigenvalue weighted by molar-refractivity contribution is 7.89. The van der Waals surface area contributed by atoms with Gasteiger partial charge in [-0.1, -0.05) is 17.7 Å². The van der Waals surface area contributed by atoms with Crippen LogP contribution in [-0.4, -0.2) is 41.2 Å². The molecule has 2 N–H and O–H groups in total. The second-order valence-corrected chi connectivity index (χ2v) is 8.66. The minimum Gasteiger partial charge on any atom is -0.496 e. The van der Waals surface area contributed by atoms with Gasteiger partial charge in [-0.3, -0.25) is 4.79 Å². The Kier molecular flexibility index (Phi) is 7.78. The molecule has 158 valence electrons. The van der Waals surface area contributed by atoms with Crippen molar-refractivity contribution in [2.75, 3.05) is 20.8 Å². The monoisotopic (exact) mass is 420 g/mol. The minimum absolute atomic E-state index is 0.0883. The van der Waals surface area contributed by atoms with E-state index < -0.39 is 10.0 Å². The molecule has 2 atom stereocenters. The van der Waals surface area contributed by atoms with Gasteiger partial charge in [0.15, 0.2) is 0 Å². The number of sulfonamides is 1. The lowest BCUT2D eigenvalue weighted by Crippen LogP contribution is -2.35. The van der Waals surface area contributed by atoms with Gasteiger partial charge in [0.1, 0.15) is 5.75 Å². The van der Waals surface area contributed by atoms with Crippen LogP contribution in [0.5, 0.6) is 5.75 Å². The standard InChI is InChI=1S/C21H28N2O5S/c1-14-6-11-20(28-5)19(12-14)16(3)22-21(24)17-7-9-18(10-8-17)29(25,26)23-15(2)13-27-4/h6-12,15-16,23H,13H2,1-5H3,(H,22,24)/t15-,16+/m1/s1. The van der Waals surface area contributed by atoms with Crippen molar-refractivity contribution in [2.24, 2.45) is 0 Å². The van der Waals surface area contributed by atoms with Crippen LogP contribution in [0.15, 0.2) is 47.4 Å². The number of amides is 1. The van der Waals surface area contributed by atoms with E-state index in [4.69, 9.17) is 9.47 Å². The normalized spacial score (nSPS) is 13.6. The molecule has 0 aliphatic carbocycles. The molecule has 0 spiro atoms. The maximum Gasteiger partial charge on any atom is 0.251 e. The summed E-state index contributed by atoms with van der Waals surface area (Å²) in [5, 5.41) is 2.92. The van der Waals surface area contributed by atoms with Crippen molar-refractivity contribution in [2.45, 2.75) is 37.8 Å². The van der Waals surface area contributed by atoms with Gasteiger partial charge in [0.05, 0.1) is 24.7 Å². The molecule has 2 rings (SSSR count). The summed E-state index contributed by atoms with van der Waals surface area (Å²) in [4.78, 5) is 12.7. The van der Waals surface area contributed by atoms with Crippen LogP contribution in [0, 0.1) is 6.92 Å². The highest BCUT2D eigenvalue weighted by atomic mass is 32.2. The van der Waals surface area contributed by atoms with Gasteiger partial charge < -0.3 is 14.8 Å². The quantitative estimate of drug-likeness (QED) is 0.651. The van der Waals surface area contributed by atoms with Crippen LogP contribution in [0.4, 0.5) is 0 Å². The predicted octanol–water partition coefficient (Wildman–Crippen LogP) is 2.81. The summed E-state index contributed by atoms with van der Waals surface area (Å²) >= 11 is 0. The van der Waals surface area contributed by atoms with Crippen LogP contribution in [0.2, 0.25) is 0 Å². The molecule has 8 heteroatoms. The third-order valence-electron chi connectivity index (χ3n) is 4.40. The molecule has 0 heterocycles. The highest BCUT2D eigenvalue weighted by Gasteiger charge is 2.19. The fourth-order valence-electron chi connectivity index (χ4n) is 2.95. The Morgan fingerprint density at radius 1 is 1.07 bits per heavy atom. The third kappa shape index (κ3) is 6.03. The molecule has 0 aliphatic rings. The number of carbonyl (C=O) groups is 1. The second kappa shape index (κ2) is 9.87. The van der Waals surface area contributed by atoms with Crippen LogP contribution in [0.25, 0.3) is 0 Å². The average Bonchev–Trinajstić information content (AvgIpc) is 2.67. The molecule has 1 amide bonds. The fraction of sp³-hybridized carbons (Fsp3) is 0.381. The molecule has 2 aromatic rings. The largest absolute Gasteiger partial charge is 0.496 e. The lowest BCUT2D eigenvalue weighted by Gasteiger charge is -2.18. The van der Waals surface area contributed by atoms with Crippen LogP contribution < -0.4 is 14.8 Å². The molecule has 0 fully saturated rings. The zero-order valence-electron chi connectivity index (χ0n) is 17.4. The van der Waals surface area contributed by atoms with E-state index in [2.05, 4.69) is 10.0 Å². The van der Waals surface area contributed by atoms with Crippen molar-refractivity contribution in [3.63, 3.8) is 0 Å². The molecule has 2 aromatic carbocycles. The van der Waals surface area contributed by atoms with Crippen LogP contribution in [0.1, 0.15) is 41.4 Å². The molecule has 7 nitrogen and oxygen atoms in total. The first-order valence-electron chi connectivity index (χ1n) is 9.24. The number of aryl methyl sites for hydroxylation is 1. The fourth-order valence-corrected chi connectivity index (χ4v) is 4.18. The first-order chi connectivity index (χ1) is 13.7. The van der Waals surface area contributed by atoms with E-state index in [1.807, 2.05) is 32.0 Å². The van der Waals surface area contributed by atoms with Gasteiger partial charge in [0.25, 0.3) is 5.91 Å². The van der Waals surface area contributed by atoms with E-state index in [0.717, 1.165) is 11.1 Å². The lowest BCUT2D eigenvalue weighted by molar-refractivity contribution is 0.0939. The van der Waals surface area contributed by atoms with Crippen molar-refractivity contribution in [3.8, 4) is 5.75 Å². The number of methoxy groups -OCH3 is 2. The van der Waals surface area contributed by atoms with Gasteiger partial charge in [0, 0.05) is 24.3 Å². The molecule has 0 radical (unpaired) electrons. The first-order valence-corrected chi connectivity index (χ1v) is 10.7. The predicted molar refractivity (Wildman–Crippen MR) is 112 cm³/mol. The van der Waals surface area contributed by atoms with E-state index in [1.54, 1.807) is 14.0 Å². The second-order valence-electron chi connectivity index (χ2n) is 6.94. The van der Waals surface area contributed by atoms with Gasteiger partial charge in [-0.05, 0) is 51.1 Å². The van der Waals surface area contributed by atoms with Gasteiger partial charge in [-0.25, -0.2) is 13.1 Å². The molecule has 0 bridgehead atoms. The highest BCUT2D eigenvalue weighted by Crippen LogP contribution is 2.26. The molecule has 0 saturated heterocycles. The minimum atomic E-state index is -3.68. The first kappa shape index (κ1) is 22.9. The number of hydrogen-bond acceptors (Lipinski definition) is 5. The Balaban J connectivity index is 2.12. The maximum absolute atomic E-state index is 12.6. The van der Waals surface area contributed by atoms with E-state index in [9.17, 15) is 13.2 Å². The summed E-state index contributed by atoms with van der Waals surface area (Å²) in [6, 6.07) is 10.9. The Morgan fingerprint density at radius 3 is 2.31 bits per heavy atom. The van der Waals surface area contributed by atoms with Crippen LogP contribution in [0.3, 0.4) is 0 Å². The number of hydrogen-bond donors (Lipinski definition) is 2. The Morgan fingerprint density at radius 2 is 1.72 bits per heavy atom. The number of ether oxygens (including phenoxy) is 2. The summed E-state index contributed by atoms with van der Waals surface area (Å²) in [6.07, 6.45) is 0. The summed E-state index contributed by atoms with van der Waals surface area (Å²) in [7, 11) is -0.590. The van der Waals surface area contributed by atoms with Gasteiger partial charge in [0.2, 0.25) is 10.0 Å². The van der Waals surface area contributed by atoms with Crippen LogP contribution >= 0.6 is 0 Å². The number of benzene rings is 2. The van der Waals surface area contributed by atoms with E-state index >= 15 is 0 Å². The molecule has 0 unspecified atom stereocenters. The van der Waals surface area contributed by atoms with Crippen molar-refractivity contribution in [3.05, 3.63) is 59.2 Å². The topological polar surface area (TPSA) is 93.7 Å². The van der Waals surface area contributed by atoms with Gasteiger partial charge >= 0.3 is 0 Å². The van der Waals surface area contributed by atoms with E-state index in [1.165, 1.54) is 31.4 Å².